The summed E-state index contributed by atoms with van der Waals surface area (Å²) in [7, 11) is 0. The number of rotatable bonds is 2. The molecule has 0 aliphatic rings. The van der Waals surface area contributed by atoms with Crippen LogP contribution in [0, 0.1) is 0 Å². The first-order chi connectivity index (χ1) is 7.61. The van der Waals surface area contributed by atoms with Crippen molar-refractivity contribution in [3.8, 4) is 5.69 Å². The summed E-state index contributed by atoms with van der Waals surface area (Å²) in [5, 5.41) is 0.575. The van der Waals surface area contributed by atoms with Gasteiger partial charge in [-0.3, -0.25) is 4.57 Å². The van der Waals surface area contributed by atoms with Crippen molar-refractivity contribution < 1.29 is 0 Å². The number of imidazole rings is 1. The molecule has 2 rings (SSSR count). The smallest absolute Gasteiger partial charge is 0.312 e. The molecule has 16 heavy (non-hydrogen) atoms. The van der Waals surface area contributed by atoms with Gasteiger partial charge in [-0.25, -0.2) is 4.79 Å². The van der Waals surface area contributed by atoms with Crippen LogP contribution in [0.25, 0.3) is 5.69 Å². The molecule has 1 heterocycles. The Morgan fingerprint density at radius 3 is 2.62 bits per heavy atom. The van der Waals surface area contributed by atoms with Crippen LogP contribution in [-0.2, 0) is 0 Å². The van der Waals surface area contributed by atoms with Gasteiger partial charge in [-0.1, -0.05) is 37.6 Å². The summed E-state index contributed by atoms with van der Waals surface area (Å²) in [6, 6.07) is 7.33. The van der Waals surface area contributed by atoms with E-state index in [1.54, 1.807) is 16.8 Å². The van der Waals surface area contributed by atoms with Crippen LogP contribution in [0.1, 0.15) is 25.5 Å². The molecule has 3 nitrogen and oxygen atoms in total. The van der Waals surface area contributed by atoms with Crippen LogP contribution < -0.4 is 5.69 Å². The predicted molar refractivity (Wildman–Crippen MR) is 65.5 cm³/mol. The molecule has 0 spiro atoms. The van der Waals surface area contributed by atoms with E-state index in [1.165, 1.54) is 0 Å². The Bertz CT molecular complexity index is 554. The van der Waals surface area contributed by atoms with Gasteiger partial charge in [-0.05, 0) is 18.1 Å². The minimum Gasteiger partial charge on any atom is -0.312 e. The van der Waals surface area contributed by atoms with Crippen molar-refractivity contribution in [1.29, 1.82) is 0 Å². The number of aromatic amines is 1. The fraction of sp³-hybridized carbons (Fsp3) is 0.250. The van der Waals surface area contributed by atoms with Gasteiger partial charge in [0.2, 0.25) is 0 Å². The Labute approximate surface area is 98.7 Å². The standard InChI is InChI=1S/C12H13ClN2O/c1-8(2)11-7-14-12(16)15(11)10-6-4-3-5-9(10)13/h3-8H,1-2H3,(H,14,16). The van der Waals surface area contributed by atoms with Gasteiger partial charge in [-0.15, -0.1) is 0 Å². The van der Waals surface area contributed by atoms with Gasteiger partial charge in [0.15, 0.2) is 0 Å². The SMILES string of the molecule is CC(C)c1c[nH]c(=O)n1-c1ccccc1Cl. The molecule has 0 saturated carbocycles. The Hall–Kier alpha value is -1.48. The zero-order valence-corrected chi connectivity index (χ0v) is 9.95. The molecule has 0 saturated heterocycles. The maximum absolute atomic E-state index is 11.7. The minimum atomic E-state index is -0.156. The van der Waals surface area contributed by atoms with Gasteiger partial charge < -0.3 is 4.98 Å². The van der Waals surface area contributed by atoms with Crippen molar-refractivity contribution in [2.24, 2.45) is 0 Å². The van der Waals surface area contributed by atoms with Crippen LogP contribution in [0.2, 0.25) is 5.02 Å². The number of hydrogen-bond acceptors (Lipinski definition) is 1. The minimum absolute atomic E-state index is 0.156. The Morgan fingerprint density at radius 2 is 2.00 bits per heavy atom. The molecule has 1 aromatic carbocycles. The molecule has 0 aliphatic carbocycles. The number of halogens is 1. The molecule has 1 N–H and O–H groups in total. The lowest BCUT2D eigenvalue weighted by molar-refractivity contribution is 0.776. The van der Waals surface area contributed by atoms with E-state index in [1.807, 2.05) is 32.0 Å². The molecule has 0 fully saturated rings. The van der Waals surface area contributed by atoms with E-state index in [4.69, 9.17) is 11.6 Å². The van der Waals surface area contributed by atoms with Gasteiger partial charge in [-0.2, -0.15) is 0 Å². The predicted octanol–water partition coefficient (Wildman–Crippen LogP) is 2.94. The van der Waals surface area contributed by atoms with E-state index >= 15 is 0 Å². The zero-order valence-electron chi connectivity index (χ0n) is 9.20. The van der Waals surface area contributed by atoms with Gasteiger partial charge >= 0.3 is 5.69 Å². The second kappa shape index (κ2) is 4.18. The van der Waals surface area contributed by atoms with Gasteiger partial charge in [0.25, 0.3) is 0 Å². The maximum atomic E-state index is 11.7. The van der Waals surface area contributed by atoms with Crippen LogP contribution in [0.4, 0.5) is 0 Å². The molecule has 0 radical (unpaired) electrons. The summed E-state index contributed by atoms with van der Waals surface area (Å²) in [5.74, 6) is 0.259. The molecule has 0 amide bonds. The third-order valence-corrected chi connectivity index (χ3v) is 2.81. The molecular weight excluding hydrogens is 224 g/mol. The van der Waals surface area contributed by atoms with Crippen LogP contribution in [-0.4, -0.2) is 9.55 Å². The van der Waals surface area contributed by atoms with Crippen LogP contribution in [0.15, 0.2) is 35.3 Å². The molecule has 4 heteroatoms. The fourth-order valence-electron chi connectivity index (χ4n) is 1.69. The molecule has 0 bridgehead atoms. The first-order valence-electron chi connectivity index (χ1n) is 5.16. The van der Waals surface area contributed by atoms with Crippen molar-refractivity contribution in [3.05, 3.63) is 51.7 Å². The third kappa shape index (κ3) is 1.78. The van der Waals surface area contributed by atoms with Crippen LogP contribution in [0.3, 0.4) is 0 Å². The lowest BCUT2D eigenvalue weighted by Crippen LogP contribution is -2.17. The number of aromatic nitrogens is 2. The number of nitrogens with zero attached hydrogens (tertiary/aromatic N) is 1. The number of para-hydroxylation sites is 1. The molecule has 0 aliphatic heterocycles. The van der Waals surface area contributed by atoms with Crippen LogP contribution in [0.5, 0.6) is 0 Å². The topological polar surface area (TPSA) is 37.8 Å². The second-order valence-corrected chi connectivity index (χ2v) is 4.37. The van der Waals surface area contributed by atoms with Gasteiger partial charge in [0.1, 0.15) is 0 Å². The first-order valence-corrected chi connectivity index (χ1v) is 5.54. The molecule has 2 aromatic rings. The molecule has 84 valence electrons. The summed E-state index contributed by atoms with van der Waals surface area (Å²) >= 11 is 6.09. The summed E-state index contributed by atoms with van der Waals surface area (Å²) in [5.41, 5.74) is 1.49. The van der Waals surface area contributed by atoms with E-state index in [-0.39, 0.29) is 11.6 Å². The molecular formula is C12H13ClN2O. The highest BCUT2D eigenvalue weighted by Gasteiger charge is 2.13. The van der Waals surface area contributed by atoms with Crippen LogP contribution >= 0.6 is 11.6 Å². The second-order valence-electron chi connectivity index (χ2n) is 3.96. The van der Waals surface area contributed by atoms with E-state index in [9.17, 15) is 4.79 Å². The Morgan fingerprint density at radius 1 is 1.31 bits per heavy atom. The average molecular weight is 237 g/mol. The monoisotopic (exact) mass is 236 g/mol. The lowest BCUT2D eigenvalue weighted by atomic mass is 10.1. The van der Waals surface area contributed by atoms with Gasteiger partial charge in [0, 0.05) is 11.9 Å². The Kier molecular flexibility index (Phi) is 2.88. The maximum Gasteiger partial charge on any atom is 0.330 e. The Balaban J connectivity index is 2.69. The normalized spacial score (nSPS) is 11.0. The lowest BCUT2D eigenvalue weighted by Gasteiger charge is -2.10. The first kappa shape index (κ1) is 11.0. The van der Waals surface area contributed by atoms with Crippen molar-refractivity contribution in [3.63, 3.8) is 0 Å². The van der Waals surface area contributed by atoms with Gasteiger partial charge in [0.05, 0.1) is 10.7 Å². The summed E-state index contributed by atoms with van der Waals surface area (Å²) in [4.78, 5) is 14.4. The zero-order chi connectivity index (χ0) is 11.7. The van der Waals surface area contributed by atoms with E-state index in [2.05, 4.69) is 4.98 Å². The highest BCUT2D eigenvalue weighted by atomic mass is 35.5. The van der Waals surface area contributed by atoms with Crippen molar-refractivity contribution in [2.75, 3.05) is 0 Å². The van der Waals surface area contributed by atoms with Crippen molar-refractivity contribution in [2.45, 2.75) is 19.8 Å². The molecule has 0 unspecified atom stereocenters. The molecule has 1 aromatic heterocycles. The van der Waals surface area contributed by atoms with E-state index in [0.29, 0.717) is 5.02 Å². The summed E-state index contributed by atoms with van der Waals surface area (Å²) < 4.78 is 1.62. The largest absolute Gasteiger partial charge is 0.330 e. The van der Waals surface area contributed by atoms with Crippen molar-refractivity contribution >= 4 is 11.6 Å². The summed E-state index contributed by atoms with van der Waals surface area (Å²) in [6.45, 7) is 4.08. The van der Waals surface area contributed by atoms with E-state index in [0.717, 1.165) is 11.4 Å². The number of H-pyrrole nitrogens is 1. The summed E-state index contributed by atoms with van der Waals surface area (Å²) in [6.07, 6.45) is 1.73. The average Bonchev–Trinajstić information content (AvgIpc) is 2.61. The number of hydrogen-bond donors (Lipinski definition) is 1. The quantitative estimate of drug-likeness (QED) is 0.855. The van der Waals surface area contributed by atoms with Crippen molar-refractivity contribution in [1.82, 2.24) is 9.55 Å². The fourth-order valence-corrected chi connectivity index (χ4v) is 1.91. The highest BCUT2D eigenvalue weighted by Crippen LogP contribution is 2.22. The third-order valence-electron chi connectivity index (χ3n) is 2.49. The number of benzene rings is 1. The number of nitrogens with one attached hydrogen (secondary N) is 1. The highest BCUT2D eigenvalue weighted by molar-refractivity contribution is 6.32. The molecule has 0 atom stereocenters. The van der Waals surface area contributed by atoms with E-state index < -0.39 is 0 Å².